The van der Waals surface area contributed by atoms with E-state index in [9.17, 15) is 14.4 Å². The minimum atomic E-state index is -0.750. The minimum absolute atomic E-state index is 0.0129. The van der Waals surface area contributed by atoms with Gasteiger partial charge in [0.25, 0.3) is 11.5 Å². The largest absolute Gasteiger partial charge is 0.451 e. The van der Waals surface area contributed by atoms with E-state index >= 15 is 0 Å². The van der Waals surface area contributed by atoms with Crippen LogP contribution in [0.15, 0.2) is 47.3 Å². The Morgan fingerprint density at radius 3 is 2.35 bits per heavy atom. The summed E-state index contributed by atoms with van der Waals surface area (Å²) >= 11 is 0. The Hall–Kier alpha value is -3.48. The summed E-state index contributed by atoms with van der Waals surface area (Å²) < 4.78 is 6.47. The zero-order valence-electron chi connectivity index (χ0n) is 18.4. The number of esters is 1. The average molecular weight is 421 g/mol. The molecule has 0 fully saturated rings. The normalized spacial score (nSPS) is 12.1. The fourth-order valence-electron chi connectivity index (χ4n) is 3.31. The molecule has 162 valence electrons. The van der Waals surface area contributed by atoms with Gasteiger partial charge < -0.3 is 10.1 Å². The van der Waals surface area contributed by atoms with Gasteiger partial charge in [0.15, 0.2) is 12.3 Å². The van der Waals surface area contributed by atoms with Gasteiger partial charge in [-0.05, 0) is 57.4 Å². The third-order valence-electron chi connectivity index (χ3n) is 5.25. The van der Waals surface area contributed by atoms with Gasteiger partial charge in [-0.2, -0.15) is 5.10 Å². The number of benzene rings is 2. The van der Waals surface area contributed by atoms with Crippen LogP contribution in [0.4, 0.5) is 0 Å². The topological polar surface area (TPSA) is 90.3 Å². The highest BCUT2D eigenvalue weighted by Gasteiger charge is 2.20. The molecule has 1 aromatic heterocycles. The van der Waals surface area contributed by atoms with Crippen LogP contribution in [-0.4, -0.2) is 28.3 Å². The lowest BCUT2D eigenvalue weighted by Gasteiger charge is -2.16. The van der Waals surface area contributed by atoms with E-state index in [-0.39, 0.29) is 23.3 Å². The summed E-state index contributed by atoms with van der Waals surface area (Å²) in [7, 11) is 0. The Kier molecular flexibility index (Phi) is 6.53. The Morgan fingerprint density at radius 2 is 1.71 bits per heavy atom. The summed E-state index contributed by atoms with van der Waals surface area (Å²) in [5.74, 6) is -1.17. The average Bonchev–Trinajstić information content (AvgIpc) is 2.74. The second-order valence-electron chi connectivity index (χ2n) is 7.95. The zero-order chi connectivity index (χ0) is 22.7. The van der Waals surface area contributed by atoms with Crippen LogP contribution in [0.25, 0.3) is 10.8 Å². The molecule has 1 N–H and O–H groups in total. The van der Waals surface area contributed by atoms with Crippen LogP contribution in [0.5, 0.6) is 0 Å². The van der Waals surface area contributed by atoms with Crippen LogP contribution in [-0.2, 0) is 9.53 Å². The maximum Gasteiger partial charge on any atom is 0.359 e. The first-order valence-corrected chi connectivity index (χ1v) is 10.2. The van der Waals surface area contributed by atoms with Crippen molar-refractivity contribution in [2.45, 2.75) is 46.7 Å². The number of amides is 1. The van der Waals surface area contributed by atoms with Gasteiger partial charge in [0, 0.05) is 5.39 Å². The van der Waals surface area contributed by atoms with Crippen molar-refractivity contribution in [2.24, 2.45) is 0 Å². The molecule has 0 radical (unpaired) electrons. The second-order valence-corrected chi connectivity index (χ2v) is 7.95. The van der Waals surface area contributed by atoms with Crippen LogP contribution in [0.1, 0.15) is 60.0 Å². The van der Waals surface area contributed by atoms with Crippen molar-refractivity contribution in [1.82, 2.24) is 15.1 Å². The van der Waals surface area contributed by atoms with Gasteiger partial charge >= 0.3 is 5.97 Å². The third-order valence-corrected chi connectivity index (χ3v) is 5.25. The Labute approximate surface area is 181 Å². The molecule has 2 aromatic carbocycles. The molecule has 0 saturated heterocycles. The molecule has 7 nitrogen and oxygen atoms in total. The SMILES string of the molecule is Cc1ccc(C(C)NC(=O)COC(=O)c2nn(C(C)C)c(=O)c3ccccc23)cc1C. The van der Waals surface area contributed by atoms with Gasteiger partial charge in [0.2, 0.25) is 0 Å². The van der Waals surface area contributed by atoms with E-state index < -0.39 is 18.5 Å². The molecular weight excluding hydrogens is 394 g/mol. The van der Waals surface area contributed by atoms with Crippen molar-refractivity contribution in [3.05, 3.63) is 75.2 Å². The number of fused-ring (bicyclic) bond motifs is 1. The molecule has 31 heavy (non-hydrogen) atoms. The van der Waals surface area contributed by atoms with E-state index in [1.165, 1.54) is 10.2 Å². The van der Waals surface area contributed by atoms with Gasteiger partial charge in [0.1, 0.15) is 0 Å². The molecule has 1 unspecified atom stereocenters. The Morgan fingerprint density at radius 1 is 1.03 bits per heavy atom. The van der Waals surface area contributed by atoms with Gasteiger partial charge in [-0.25, -0.2) is 9.48 Å². The number of rotatable bonds is 6. The van der Waals surface area contributed by atoms with Crippen molar-refractivity contribution in [3.8, 4) is 0 Å². The highest BCUT2D eigenvalue weighted by atomic mass is 16.5. The number of nitrogens with one attached hydrogen (secondary N) is 1. The highest BCUT2D eigenvalue weighted by Crippen LogP contribution is 2.17. The van der Waals surface area contributed by atoms with Crippen LogP contribution in [0.3, 0.4) is 0 Å². The molecule has 3 aromatic rings. The lowest BCUT2D eigenvalue weighted by molar-refractivity contribution is -0.124. The number of nitrogens with zero attached hydrogens (tertiary/aromatic N) is 2. The molecule has 0 bridgehead atoms. The van der Waals surface area contributed by atoms with Crippen molar-refractivity contribution in [2.75, 3.05) is 6.61 Å². The fourth-order valence-corrected chi connectivity index (χ4v) is 3.31. The number of hydrogen-bond acceptors (Lipinski definition) is 5. The lowest BCUT2D eigenvalue weighted by Crippen LogP contribution is -2.32. The molecule has 1 atom stereocenters. The highest BCUT2D eigenvalue weighted by molar-refractivity contribution is 6.02. The van der Waals surface area contributed by atoms with Gasteiger partial charge in [-0.3, -0.25) is 9.59 Å². The Bertz CT molecular complexity index is 1200. The molecule has 0 spiro atoms. The maximum atomic E-state index is 12.7. The summed E-state index contributed by atoms with van der Waals surface area (Å²) in [6.45, 7) is 9.09. The smallest absolute Gasteiger partial charge is 0.359 e. The van der Waals surface area contributed by atoms with E-state index in [2.05, 4.69) is 10.4 Å². The van der Waals surface area contributed by atoms with Crippen molar-refractivity contribution < 1.29 is 14.3 Å². The van der Waals surface area contributed by atoms with Crippen LogP contribution in [0.2, 0.25) is 0 Å². The molecule has 1 amide bonds. The van der Waals surface area contributed by atoms with E-state index in [1.807, 2.05) is 39.0 Å². The van der Waals surface area contributed by atoms with Crippen molar-refractivity contribution in [1.29, 1.82) is 0 Å². The maximum absolute atomic E-state index is 12.7. The summed E-state index contributed by atoms with van der Waals surface area (Å²) in [4.78, 5) is 37.6. The number of carbonyl (C=O) groups is 2. The molecule has 0 aliphatic carbocycles. The summed E-state index contributed by atoms with van der Waals surface area (Å²) in [6, 6.07) is 12.3. The number of aryl methyl sites for hydroxylation is 2. The molecule has 0 saturated carbocycles. The fraction of sp³-hybridized carbons (Fsp3) is 0.333. The number of ether oxygens (including phenoxy) is 1. The number of carbonyl (C=O) groups excluding carboxylic acids is 2. The predicted octanol–water partition coefficient (Wildman–Crippen LogP) is 3.63. The molecule has 0 aliphatic heterocycles. The predicted molar refractivity (Wildman–Crippen MR) is 119 cm³/mol. The second kappa shape index (κ2) is 9.12. The molecule has 3 rings (SSSR count). The van der Waals surface area contributed by atoms with Gasteiger partial charge in [0.05, 0.1) is 17.5 Å². The van der Waals surface area contributed by atoms with E-state index in [0.717, 1.165) is 11.1 Å². The van der Waals surface area contributed by atoms with E-state index in [0.29, 0.717) is 10.8 Å². The van der Waals surface area contributed by atoms with Crippen LogP contribution >= 0.6 is 0 Å². The molecule has 1 heterocycles. The quantitative estimate of drug-likeness (QED) is 0.614. The van der Waals surface area contributed by atoms with E-state index in [4.69, 9.17) is 4.74 Å². The summed E-state index contributed by atoms with van der Waals surface area (Å²) in [5.41, 5.74) is 3.03. The summed E-state index contributed by atoms with van der Waals surface area (Å²) in [6.07, 6.45) is 0. The summed E-state index contributed by atoms with van der Waals surface area (Å²) in [5, 5.41) is 7.82. The van der Waals surface area contributed by atoms with Gasteiger partial charge in [-0.1, -0.05) is 36.4 Å². The van der Waals surface area contributed by atoms with E-state index in [1.54, 1.807) is 38.1 Å². The third kappa shape index (κ3) is 4.82. The van der Waals surface area contributed by atoms with Crippen molar-refractivity contribution in [3.63, 3.8) is 0 Å². The monoisotopic (exact) mass is 421 g/mol. The first-order valence-electron chi connectivity index (χ1n) is 10.2. The first kappa shape index (κ1) is 22.2. The standard InChI is InChI=1S/C24H27N3O4/c1-14(2)27-23(29)20-9-7-6-8-19(20)22(26-27)24(30)31-13-21(28)25-17(5)18-11-10-15(3)16(4)12-18/h6-12,14,17H,13H2,1-5H3,(H,25,28). The first-order chi connectivity index (χ1) is 14.7. The Balaban J connectivity index is 1.74. The number of hydrogen-bond donors (Lipinski definition) is 1. The van der Waals surface area contributed by atoms with Crippen LogP contribution in [0, 0.1) is 13.8 Å². The van der Waals surface area contributed by atoms with Gasteiger partial charge in [-0.15, -0.1) is 0 Å². The molecule has 7 heteroatoms. The van der Waals surface area contributed by atoms with Crippen molar-refractivity contribution >= 4 is 22.6 Å². The van der Waals surface area contributed by atoms with Crippen LogP contribution < -0.4 is 10.9 Å². The molecular formula is C24H27N3O4. The zero-order valence-corrected chi connectivity index (χ0v) is 18.4. The lowest BCUT2D eigenvalue weighted by atomic mass is 10.0. The minimum Gasteiger partial charge on any atom is -0.451 e. The molecule has 0 aliphatic rings. The number of aromatic nitrogens is 2.